The topological polar surface area (TPSA) is 34.6 Å². The largest absolute Gasteiger partial charge is 0.302 e. The van der Waals surface area contributed by atoms with Crippen LogP contribution in [0.1, 0.15) is 28.3 Å². The first-order valence-electron chi connectivity index (χ1n) is 8.96. The van der Waals surface area contributed by atoms with Gasteiger partial charge in [-0.25, -0.2) is 9.55 Å². The van der Waals surface area contributed by atoms with Gasteiger partial charge in [0.05, 0.1) is 18.4 Å². The van der Waals surface area contributed by atoms with Gasteiger partial charge >= 0.3 is 0 Å². The Morgan fingerprint density at radius 1 is 1.04 bits per heavy atom. The van der Waals surface area contributed by atoms with Crippen LogP contribution >= 0.6 is 0 Å². The zero-order valence-corrected chi connectivity index (χ0v) is 15.5. The van der Waals surface area contributed by atoms with Gasteiger partial charge in [-0.2, -0.15) is 0 Å². The Balaban J connectivity index is 1.96. The third-order valence-electron chi connectivity index (χ3n) is 5.44. The molecule has 0 atom stereocenters. The molecule has 0 unspecified atom stereocenters. The van der Waals surface area contributed by atoms with Gasteiger partial charge in [-0.05, 0) is 30.4 Å². The van der Waals surface area contributed by atoms with Crippen LogP contribution in [0.5, 0.6) is 0 Å². The van der Waals surface area contributed by atoms with Crippen molar-refractivity contribution in [3.63, 3.8) is 0 Å². The fraction of sp³-hybridized carbons (Fsp3) is 0.227. The number of nitrogens with zero attached hydrogens (tertiary/aromatic N) is 4. The molecular weight excluding hydrogens is 320 g/mol. The van der Waals surface area contributed by atoms with Gasteiger partial charge in [0.25, 0.3) is 6.33 Å². The van der Waals surface area contributed by atoms with Gasteiger partial charge in [0.15, 0.2) is 5.69 Å². The fourth-order valence-electron chi connectivity index (χ4n) is 4.30. The average molecular weight is 341 g/mol. The van der Waals surface area contributed by atoms with Crippen molar-refractivity contribution in [2.45, 2.75) is 27.2 Å². The minimum Gasteiger partial charge on any atom is -0.302 e. The monoisotopic (exact) mass is 341 g/mol. The predicted octanol–water partition coefficient (Wildman–Crippen LogP) is 3.74. The van der Waals surface area contributed by atoms with E-state index in [1.165, 1.54) is 38.8 Å². The van der Waals surface area contributed by atoms with E-state index in [4.69, 9.17) is 4.98 Å². The van der Waals surface area contributed by atoms with Crippen LogP contribution in [0.2, 0.25) is 0 Å². The summed E-state index contributed by atoms with van der Waals surface area (Å²) in [4.78, 5) is 9.20. The van der Waals surface area contributed by atoms with E-state index in [0.29, 0.717) is 0 Å². The number of fused-ring (bicyclic) bond motifs is 5. The molecule has 0 fully saturated rings. The molecule has 0 saturated carbocycles. The van der Waals surface area contributed by atoms with E-state index in [2.05, 4.69) is 78.5 Å². The summed E-state index contributed by atoms with van der Waals surface area (Å²) in [5, 5.41) is 2.60. The molecule has 4 aromatic rings. The van der Waals surface area contributed by atoms with Crippen LogP contribution in [0.25, 0.3) is 27.7 Å². The highest BCUT2D eigenvalue weighted by Crippen LogP contribution is 2.42. The Hall–Kier alpha value is -3.01. The Morgan fingerprint density at radius 3 is 2.62 bits per heavy atom. The molecule has 2 aromatic heterocycles. The number of hydrogen-bond acceptors (Lipinski definition) is 2. The zero-order valence-electron chi connectivity index (χ0n) is 15.5. The molecule has 0 bridgehead atoms. The maximum Gasteiger partial charge on any atom is 0.286 e. The summed E-state index contributed by atoms with van der Waals surface area (Å²) >= 11 is 0. The van der Waals surface area contributed by atoms with Gasteiger partial charge in [-0.15, -0.1) is 0 Å². The second-order valence-electron chi connectivity index (χ2n) is 7.24. The minimum absolute atomic E-state index is 0.867. The highest BCUT2D eigenvalue weighted by molar-refractivity contribution is 6.00. The van der Waals surface area contributed by atoms with Gasteiger partial charge in [0.1, 0.15) is 11.5 Å². The van der Waals surface area contributed by atoms with Crippen molar-refractivity contribution in [3.8, 4) is 16.9 Å². The summed E-state index contributed by atoms with van der Waals surface area (Å²) in [7, 11) is 2.07. The molecule has 1 aliphatic rings. The summed E-state index contributed by atoms with van der Waals surface area (Å²) in [5.41, 5.74) is 8.60. The number of rotatable bonds is 1. The van der Waals surface area contributed by atoms with E-state index < -0.39 is 0 Å². The van der Waals surface area contributed by atoms with Crippen molar-refractivity contribution in [3.05, 3.63) is 71.2 Å². The maximum atomic E-state index is 4.76. The van der Waals surface area contributed by atoms with Crippen LogP contribution in [0.3, 0.4) is 0 Å². The van der Waals surface area contributed by atoms with Gasteiger partial charge < -0.3 is 4.57 Å². The second kappa shape index (κ2) is 5.24. The maximum absolute atomic E-state index is 4.76. The van der Waals surface area contributed by atoms with Gasteiger partial charge in [-0.3, -0.25) is 0 Å². The van der Waals surface area contributed by atoms with Crippen molar-refractivity contribution >= 4 is 10.8 Å². The molecule has 3 heterocycles. The first-order valence-corrected chi connectivity index (χ1v) is 8.96. The van der Waals surface area contributed by atoms with Crippen LogP contribution < -0.4 is 4.57 Å². The highest BCUT2D eigenvalue weighted by Gasteiger charge is 2.29. The molecule has 4 nitrogen and oxygen atoms in total. The minimum atomic E-state index is 0.867. The molecule has 0 saturated heterocycles. The molecular formula is C22H21N4+. The van der Waals surface area contributed by atoms with E-state index >= 15 is 0 Å². The van der Waals surface area contributed by atoms with Crippen molar-refractivity contribution in [1.82, 2.24) is 14.5 Å². The molecule has 1 aliphatic heterocycles. The molecule has 128 valence electrons. The van der Waals surface area contributed by atoms with E-state index in [1.807, 2.05) is 6.33 Å². The van der Waals surface area contributed by atoms with Crippen LogP contribution in [-0.4, -0.2) is 14.5 Å². The van der Waals surface area contributed by atoms with Crippen LogP contribution in [0.15, 0.2) is 42.9 Å². The summed E-state index contributed by atoms with van der Waals surface area (Å²) in [5.74, 6) is 1.13. The predicted molar refractivity (Wildman–Crippen MR) is 102 cm³/mol. The lowest BCUT2D eigenvalue weighted by Gasteiger charge is -2.17. The van der Waals surface area contributed by atoms with Crippen LogP contribution in [0, 0.1) is 20.8 Å². The Morgan fingerprint density at radius 2 is 1.81 bits per heavy atom. The van der Waals surface area contributed by atoms with E-state index in [9.17, 15) is 0 Å². The smallest absolute Gasteiger partial charge is 0.286 e. The normalized spacial score (nSPS) is 12.5. The summed E-state index contributed by atoms with van der Waals surface area (Å²) in [6, 6.07) is 10.9. The SMILES string of the molecule is Cc1cc(-c2c3c(c4ccccc4c2C)-n2cc(C)nc2C3)[n+](C)cn1. The molecule has 26 heavy (non-hydrogen) atoms. The fourth-order valence-corrected chi connectivity index (χ4v) is 4.30. The van der Waals surface area contributed by atoms with E-state index in [-0.39, 0.29) is 0 Å². The lowest BCUT2D eigenvalue weighted by atomic mass is 9.90. The van der Waals surface area contributed by atoms with Crippen molar-refractivity contribution < 1.29 is 4.57 Å². The first-order chi connectivity index (χ1) is 12.5. The number of hydrogen-bond donors (Lipinski definition) is 0. The van der Waals surface area contributed by atoms with E-state index in [0.717, 1.165) is 23.6 Å². The summed E-state index contributed by atoms with van der Waals surface area (Å²) in [6.07, 6.45) is 4.93. The van der Waals surface area contributed by atoms with Crippen molar-refractivity contribution in [2.24, 2.45) is 7.05 Å². The van der Waals surface area contributed by atoms with E-state index in [1.54, 1.807) is 0 Å². The molecule has 0 radical (unpaired) electrons. The van der Waals surface area contributed by atoms with Crippen LogP contribution in [-0.2, 0) is 13.5 Å². The van der Waals surface area contributed by atoms with Gasteiger partial charge in [0.2, 0.25) is 0 Å². The summed E-state index contributed by atoms with van der Waals surface area (Å²) < 4.78 is 4.40. The average Bonchev–Trinajstić information content (AvgIpc) is 3.14. The Bertz CT molecular complexity index is 1200. The molecule has 0 N–H and O–H groups in total. The lowest BCUT2D eigenvalue weighted by Crippen LogP contribution is -2.32. The third-order valence-corrected chi connectivity index (χ3v) is 5.44. The number of aryl methyl sites for hydroxylation is 4. The number of imidazole rings is 1. The first kappa shape index (κ1) is 15.3. The molecule has 0 amide bonds. The van der Waals surface area contributed by atoms with Crippen molar-refractivity contribution in [2.75, 3.05) is 0 Å². The standard InChI is InChI=1S/C22H21N4/c1-13-9-19(25(4)12-23-13)21-15(3)16-7-5-6-8-17(16)22-18(21)10-20-24-14(2)11-26(20)22/h5-9,11-12H,10H2,1-4H3/q+1. The molecule has 2 aromatic carbocycles. The molecule has 0 aliphatic carbocycles. The van der Waals surface area contributed by atoms with Gasteiger partial charge in [-0.1, -0.05) is 29.2 Å². The number of aromatic nitrogens is 4. The zero-order chi connectivity index (χ0) is 18.0. The Labute approximate surface area is 152 Å². The lowest BCUT2D eigenvalue weighted by molar-refractivity contribution is -0.663. The van der Waals surface area contributed by atoms with Gasteiger partial charge in [0, 0.05) is 36.6 Å². The number of benzene rings is 2. The highest BCUT2D eigenvalue weighted by atomic mass is 15.1. The molecule has 5 rings (SSSR count). The quantitative estimate of drug-likeness (QED) is 0.435. The molecule has 0 spiro atoms. The molecule has 4 heteroatoms. The second-order valence-corrected chi connectivity index (χ2v) is 7.24. The van der Waals surface area contributed by atoms with Crippen molar-refractivity contribution in [1.29, 1.82) is 0 Å². The summed E-state index contributed by atoms with van der Waals surface area (Å²) in [6.45, 7) is 6.35. The third kappa shape index (κ3) is 1.99. The Kier molecular flexibility index (Phi) is 3.08. The van der Waals surface area contributed by atoms with Crippen LogP contribution in [0.4, 0.5) is 0 Å².